The van der Waals surface area contributed by atoms with Crippen LogP contribution in [-0.4, -0.2) is 36.1 Å². The summed E-state index contributed by atoms with van der Waals surface area (Å²) in [5.74, 6) is 0.807. The highest BCUT2D eigenvalue weighted by Crippen LogP contribution is 2.34. The van der Waals surface area contributed by atoms with Gasteiger partial charge in [-0.15, -0.1) is 0 Å². The molecule has 0 saturated carbocycles. The van der Waals surface area contributed by atoms with Crippen LogP contribution in [-0.2, 0) is 9.53 Å². The van der Waals surface area contributed by atoms with Gasteiger partial charge < -0.3 is 9.64 Å². The van der Waals surface area contributed by atoms with Crippen molar-refractivity contribution in [3.05, 3.63) is 0 Å². The molecule has 1 aliphatic heterocycles. The van der Waals surface area contributed by atoms with Crippen molar-refractivity contribution >= 4 is 5.91 Å². The smallest absolute Gasteiger partial charge is 0.224 e. The lowest BCUT2D eigenvalue weighted by molar-refractivity contribution is -0.132. The predicted octanol–water partition coefficient (Wildman–Crippen LogP) is 2.70. The van der Waals surface area contributed by atoms with Gasteiger partial charge in [0.15, 0.2) is 0 Å². The molecule has 17 heavy (non-hydrogen) atoms. The Morgan fingerprint density at radius 2 is 2.00 bits per heavy atom. The van der Waals surface area contributed by atoms with E-state index in [1.807, 2.05) is 25.7 Å². The molecule has 0 N–H and O–H groups in total. The van der Waals surface area contributed by atoms with Crippen molar-refractivity contribution in [1.29, 1.82) is 0 Å². The number of carbonyl (C=O) groups is 1. The molecular formula is C14H27NO2. The first-order valence-corrected chi connectivity index (χ1v) is 6.53. The summed E-state index contributed by atoms with van der Waals surface area (Å²) in [4.78, 5) is 14.0. The van der Waals surface area contributed by atoms with Gasteiger partial charge >= 0.3 is 0 Å². The third kappa shape index (κ3) is 4.30. The van der Waals surface area contributed by atoms with E-state index in [1.165, 1.54) is 0 Å². The van der Waals surface area contributed by atoms with E-state index in [1.54, 1.807) is 0 Å². The first-order chi connectivity index (χ1) is 7.62. The zero-order chi connectivity index (χ0) is 13.3. The largest absolute Gasteiger partial charge is 0.375 e. The average molecular weight is 241 g/mol. The molecule has 0 aliphatic carbocycles. The van der Waals surface area contributed by atoms with Crippen molar-refractivity contribution in [1.82, 2.24) is 4.90 Å². The maximum absolute atomic E-state index is 12.0. The number of ether oxygens (including phenoxy) is 1. The van der Waals surface area contributed by atoms with Crippen molar-refractivity contribution in [2.75, 3.05) is 19.7 Å². The van der Waals surface area contributed by atoms with E-state index >= 15 is 0 Å². The summed E-state index contributed by atoms with van der Waals surface area (Å²) >= 11 is 0. The second-order valence-electron chi connectivity index (χ2n) is 6.87. The molecule has 0 bridgehead atoms. The van der Waals surface area contributed by atoms with Gasteiger partial charge in [0.25, 0.3) is 0 Å². The van der Waals surface area contributed by atoms with Gasteiger partial charge in [0.1, 0.15) is 0 Å². The fraction of sp³-hybridized carbons (Fsp3) is 0.929. The number of hydrogen-bond donors (Lipinski definition) is 0. The number of hydrogen-bond acceptors (Lipinski definition) is 2. The first-order valence-electron chi connectivity index (χ1n) is 6.53. The average Bonchev–Trinajstić information content (AvgIpc) is 2.39. The normalized spacial score (nSPS) is 24.1. The molecule has 0 aromatic carbocycles. The van der Waals surface area contributed by atoms with Gasteiger partial charge in [0, 0.05) is 13.1 Å². The zero-order valence-corrected chi connectivity index (χ0v) is 12.2. The van der Waals surface area contributed by atoms with Crippen LogP contribution in [0.25, 0.3) is 0 Å². The van der Waals surface area contributed by atoms with E-state index in [9.17, 15) is 4.79 Å². The Morgan fingerprint density at radius 1 is 1.41 bits per heavy atom. The van der Waals surface area contributed by atoms with Crippen molar-refractivity contribution in [3.8, 4) is 0 Å². The highest BCUT2D eigenvalue weighted by atomic mass is 16.5. The molecule has 100 valence electrons. The molecule has 1 heterocycles. The van der Waals surface area contributed by atoms with Crippen molar-refractivity contribution < 1.29 is 9.53 Å². The van der Waals surface area contributed by atoms with E-state index in [0.717, 1.165) is 13.1 Å². The Kier molecular flexibility index (Phi) is 4.23. The Morgan fingerprint density at radius 3 is 2.41 bits per heavy atom. The van der Waals surface area contributed by atoms with Crippen LogP contribution >= 0.6 is 0 Å². The van der Waals surface area contributed by atoms with Crippen LogP contribution in [0.2, 0.25) is 0 Å². The topological polar surface area (TPSA) is 29.5 Å². The molecule has 1 rings (SSSR count). The predicted molar refractivity (Wildman–Crippen MR) is 69.8 cm³/mol. The lowest BCUT2D eigenvalue weighted by Gasteiger charge is -2.23. The fourth-order valence-electron chi connectivity index (χ4n) is 2.08. The van der Waals surface area contributed by atoms with E-state index in [4.69, 9.17) is 4.74 Å². The van der Waals surface area contributed by atoms with Crippen molar-refractivity contribution in [2.45, 2.75) is 53.6 Å². The zero-order valence-electron chi connectivity index (χ0n) is 12.2. The Labute approximate surface area is 106 Å². The van der Waals surface area contributed by atoms with Crippen molar-refractivity contribution in [3.63, 3.8) is 0 Å². The summed E-state index contributed by atoms with van der Waals surface area (Å²) in [6.45, 7) is 15.0. The van der Waals surface area contributed by atoms with Crippen LogP contribution in [0.5, 0.6) is 0 Å². The molecule has 1 atom stereocenters. The van der Waals surface area contributed by atoms with Crippen LogP contribution in [0.4, 0.5) is 0 Å². The molecule has 3 heteroatoms. The van der Waals surface area contributed by atoms with Gasteiger partial charge in [-0.25, -0.2) is 0 Å². The Balaban J connectivity index is 2.35. The van der Waals surface area contributed by atoms with E-state index in [0.29, 0.717) is 18.9 Å². The third-order valence-electron chi connectivity index (χ3n) is 3.63. The lowest BCUT2D eigenvalue weighted by Crippen LogP contribution is -2.32. The van der Waals surface area contributed by atoms with Gasteiger partial charge in [-0.2, -0.15) is 0 Å². The Hall–Kier alpha value is -0.570. The molecule has 3 nitrogen and oxygen atoms in total. The SMILES string of the molecule is CC1CN(C(=O)CCOC(C)(C)C)CC1(C)C. The molecule has 1 amide bonds. The van der Waals surface area contributed by atoms with Crippen LogP contribution < -0.4 is 0 Å². The minimum Gasteiger partial charge on any atom is -0.375 e. The lowest BCUT2D eigenvalue weighted by atomic mass is 9.84. The summed E-state index contributed by atoms with van der Waals surface area (Å²) in [5.41, 5.74) is 0.0956. The molecule has 1 unspecified atom stereocenters. The van der Waals surface area contributed by atoms with Crippen LogP contribution in [0.3, 0.4) is 0 Å². The highest BCUT2D eigenvalue weighted by molar-refractivity contribution is 5.76. The van der Waals surface area contributed by atoms with Crippen molar-refractivity contribution in [2.24, 2.45) is 11.3 Å². The van der Waals surface area contributed by atoms with E-state index in [2.05, 4.69) is 20.8 Å². The molecule has 1 fully saturated rings. The van der Waals surface area contributed by atoms with Gasteiger partial charge in [-0.1, -0.05) is 20.8 Å². The number of rotatable bonds is 3. The second kappa shape index (κ2) is 4.97. The molecule has 0 aromatic heterocycles. The molecule has 1 aliphatic rings. The number of carbonyl (C=O) groups excluding carboxylic acids is 1. The monoisotopic (exact) mass is 241 g/mol. The van der Waals surface area contributed by atoms with Gasteiger partial charge in [-0.3, -0.25) is 4.79 Å². The maximum Gasteiger partial charge on any atom is 0.224 e. The van der Waals surface area contributed by atoms with Gasteiger partial charge in [0.2, 0.25) is 5.91 Å². The molecule has 1 saturated heterocycles. The maximum atomic E-state index is 12.0. The molecule has 0 aromatic rings. The second-order valence-corrected chi connectivity index (χ2v) is 6.87. The fourth-order valence-corrected chi connectivity index (χ4v) is 2.08. The minimum atomic E-state index is -0.155. The number of amides is 1. The quantitative estimate of drug-likeness (QED) is 0.760. The Bertz CT molecular complexity index is 278. The summed E-state index contributed by atoms with van der Waals surface area (Å²) < 4.78 is 5.59. The van der Waals surface area contributed by atoms with Crippen LogP contribution in [0.1, 0.15) is 48.0 Å². The first kappa shape index (κ1) is 14.5. The highest BCUT2D eigenvalue weighted by Gasteiger charge is 2.38. The van der Waals surface area contributed by atoms with Gasteiger partial charge in [0.05, 0.1) is 18.6 Å². The van der Waals surface area contributed by atoms with E-state index < -0.39 is 0 Å². The number of nitrogens with zero attached hydrogens (tertiary/aromatic N) is 1. The van der Waals surface area contributed by atoms with E-state index in [-0.39, 0.29) is 16.9 Å². The summed E-state index contributed by atoms with van der Waals surface area (Å²) in [5, 5.41) is 0. The summed E-state index contributed by atoms with van der Waals surface area (Å²) in [7, 11) is 0. The van der Waals surface area contributed by atoms with Crippen LogP contribution in [0, 0.1) is 11.3 Å². The summed E-state index contributed by atoms with van der Waals surface area (Å²) in [6.07, 6.45) is 0.500. The minimum absolute atomic E-state index is 0.155. The van der Waals surface area contributed by atoms with Gasteiger partial charge in [-0.05, 0) is 32.1 Å². The molecule has 0 spiro atoms. The standard InChI is InChI=1S/C14H27NO2/c1-11-9-15(10-14(11,5)6)12(16)7-8-17-13(2,3)4/h11H,7-10H2,1-6H3. The molecule has 0 radical (unpaired) electrons. The number of likely N-dealkylation sites (tertiary alicyclic amines) is 1. The molecular weight excluding hydrogens is 214 g/mol. The third-order valence-corrected chi connectivity index (χ3v) is 3.63. The van der Waals surface area contributed by atoms with Crippen LogP contribution in [0.15, 0.2) is 0 Å². The summed E-state index contributed by atoms with van der Waals surface area (Å²) in [6, 6.07) is 0.